The Labute approximate surface area is 284 Å². The summed E-state index contributed by atoms with van der Waals surface area (Å²) >= 11 is 0. The van der Waals surface area contributed by atoms with Crippen molar-refractivity contribution < 1.29 is 33.6 Å². The average molecular weight is 681 g/mol. The zero-order chi connectivity index (χ0) is 36.2. The molecule has 0 radical (unpaired) electrons. The van der Waals surface area contributed by atoms with Gasteiger partial charge in [-0.2, -0.15) is 0 Å². The third-order valence-electron chi connectivity index (χ3n) is 7.56. The van der Waals surface area contributed by atoms with Gasteiger partial charge in [0.1, 0.15) is 6.61 Å². The standard InChI is InChI=1S/C33H44N8O8/c1-22(2)30(39-29(43)9-4-3-6-19-37-40-35)28(42)20-25(8-5-7-18-36-33(34)46)31(44)38-26-14-10-23(11-15-26)21-49-32(45)24-12-16-27(17-13-24)41(47)48/h10-17,22,25,30H,3-9,18-21H2,1-2H3,(H,38,44)(H,39,43)(H3,34,36,46)/t25-,30+/m1/s1. The fourth-order valence-electron chi connectivity index (χ4n) is 4.86. The molecule has 5 N–H and O–H groups in total. The quantitative estimate of drug-likeness (QED) is 0.0240. The van der Waals surface area contributed by atoms with Crippen LogP contribution in [0.5, 0.6) is 0 Å². The molecule has 0 fully saturated rings. The molecule has 16 heteroatoms. The lowest BCUT2D eigenvalue weighted by Crippen LogP contribution is -2.45. The highest BCUT2D eigenvalue weighted by Gasteiger charge is 2.29. The number of unbranched alkanes of at least 4 members (excludes halogenated alkanes) is 3. The van der Waals surface area contributed by atoms with Crippen LogP contribution in [0.2, 0.25) is 0 Å². The van der Waals surface area contributed by atoms with E-state index in [2.05, 4.69) is 26.0 Å². The van der Waals surface area contributed by atoms with E-state index in [0.29, 0.717) is 62.9 Å². The third-order valence-corrected chi connectivity index (χ3v) is 7.56. The molecule has 0 saturated carbocycles. The summed E-state index contributed by atoms with van der Waals surface area (Å²) in [6, 6.07) is 10.2. The number of primary amides is 1. The SMILES string of the molecule is CC(C)[C@H](NC(=O)CCCCCN=[N+]=[N-])C(=O)C[C@@H](CCCCNC(N)=O)C(=O)Nc1ccc(COC(=O)c2ccc([N+](=O)[O-])cc2)cc1. The number of ketones is 1. The maximum atomic E-state index is 13.4. The number of Topliss-reactive ketones (excluding diaryl/α,β-unsaturated/α-hetero) is 1. The predicted octanol–water partition coefficient (Wildman–Crippen LogP) is 5.32. The molecule has 16 nitrogen and oxygen atoms in total. The molecule has 2 aromatic rings. The number of nitro groups is 1. The minimum absolute atomic E-state index is 0.0709. The van der Waals surface area contributed by atoms with Gasteiger partial charge >= 0.3 is 12.0 Å². The fraction of sp³-hybridized carbons (Fsp3) is 0.485. The lowest BCUT2D eigenvalue weighted by Gasteiger charge is -2.24. The molecule has 2 aromatic carbocycles. The number of nitrogens with zero attached hydrogens (tertiary/aromatic N) is 4. The number of nitro benzene ring substituents is 1. The Morgan fingerprint density at radius 2 is 1.67 bits per heavy atom. The summed E-state index contributed by atoms with van der Waals surface area (Å²) in [5.41, 5.74) is 14.6. The first kappa shape index (κ1) is 39.7. The highest BCUT2D eigenvalue weighted by atomic mass is 16.6. The number of urea groups is 1. The summed E-state index contributed by atoms with van der Waals surface area (Å²) in [5.74, 6) is -2.51. The first-order valence-corrected chi connectivity index (χ1v) is 16.1. The number of carbonyl (C=O) groups excluding carboxylic acids is 5. The molecule has 0 aliphatic heterocycles. The second-order valence-corrected chi connectivity index (χ2v) is 11.8. The van der Waals surface area contributed by atoms with Crippen LogP contribution in [-0.4, -0.2) is 53.7 Å². The number of rotatable bonds is 22. The Morgan fingerprint density at radius 3 is 2.29 bits per heavy atom. The number of benzene rings is 2. The van der Waals surface area contributed by atoms with Gasteiger partial charge in [0.25, 0.3) is 5.69 Å². The summed E-state index contributed by atoms with van der Waals surface area (Å²) < 4.78 is 5.29. The summed E-state index contributed by atoms with van der Waals surface area (Å²) in [5, 5.41) is 22.4. The van der Waals surface area contributed by atoms with Gasteiger partial charge in [0, 0.05) is 54.6 Å². The number of ether oxygens (including phenoxy) is 1. The molecule has 0 bridgehead atoms. The Balaban J connectivity index is 2.01. The second-order valence-electron chi connectivity index (χ2n) is 11.8. The molecule has 0 unspecified atom stereocenters. The van der Waals surface area contributed by atoms with E-state index in [1.807, 2.05) is 13.8 Å². The molecule has 264 valence electrons. The summed E-state index contributed by atoms with van der Waals surface area (Å²) in [6.07, 6.45) is 3.47. The van der Waals surface area contributed by atoms with Crippen LogP contribution in [0.3, 0.4) is 0 Å². The number of nitrogens with one attached hydrogen (secondary N) is 3. The molecule has 4 amide bonds. The van der Waals surface area contributed by atoms with Crippen LogP contribution in [0.4, 0.5) is 16.2 Å². The maximum absolute atomic E-state index is 13.4. The number of azide groups is 1. The van der Waals surface area contributed by atoms with E-state index in [9.17, 15) is 34.1 Å². The Bertz CT molecular complexity index is 1470. The first-order valence-electron chi connectivity index (χ1n) is 16.1. The molecule has 0 saturated heterocycles. The minimum atomic E-state index is -0.782. The van der Waals surface area contributed by atoms with Crippen molar-refractivity contribution in [3.05, 3.63) is 80.2 Å². The molecule has 0 heterocycles. The summed E-state index contributed by atoms with van der Waals surface area (Å²) in [6.45, 7) is 4.25. The molecule has 0 aliphatic carbocycles. The number of non-ortho nitro benzene ring substituents is 1. The number of anilines is 1. The fourth-order valence-corrected chi connectivity index (χ4v) is 4.86. The molecule has 2 atom stereocenters. The van der Waals surface area contributed by atoms with Crippen molar-refractivity contribution in [1.82, 2.24) is 10.6 Å². The Morgan fingerprint density at radius 1 is 0.980 bits per heavy atom. The van der Waals surface area contributed by atoms with E-state index >= 15 is 0 Å². The van der Waals surface area contributed by atoms with Gasteiger partial charge in [0.05, 0.1) is 16.5 Å². The van der Waals surface area contributed by atoms with Gasteiger partial charge in [-0.3, -0.25) is 24.5 Å². The molecule has 2 rings (SSSR count). The van der Waals surface area contributed by atoms with Crippen LogP contribution in [-0.2, 0) is 25.7 Å². The smallest absolute Gasteiger partial charge is 0.338 e. The van der Waals surface area contributed by atoms with Crippen molar-refractivity contribution >= 4 is 41.0 Å². The van der Waals surface area contributed by atoms with Crippen molar-refractivity contribution in [3.63, 3.8) is 0 Å². The third kappa shape index (κ3) is 15.3. The lowest BCUT2D eigenvalue weighted by atomic mass is 9.89. The van der Waals surface area contributed by atoms with Gasteiger partial charge in [-0.1, -0.05) is 43.9 Å². The van der Waals surface area contributed by atoms with E-state index in [0.717, 1.165) is 0 Å². The van der Waals surface area contributed by atoms with Gasteiger partial charge in [0.2, 0.25) is 11.8 Å². The van der Waals surface area contributed by atoms with Crippen molar-refractivity contribution in [3.8, 4) is 0 Å². The van der Waals surface area contributed by atoms with E-state index in [1.54, 1.807) is 24.3 Å². The molecule has 49 heavy (non-hydrogen) atoms. The summed E-state index contributed by atoms with van der Waals surface area (Å²) in [4.78, 5) is 75.8. The van der Waals surface area contributed by atoms with Crippen molar-refractivity contribution in [2.24, 2.45) is 22.7 Å². The van der Waals surface area contributed by atoms with Crippen LogP contribution in [0.1, 0.15) is 81.1 Å². The van der Waals surface area contributed by atoms with Gasteiger partial charge in [0.15, 0.2) is 5.78 Å². The van der Waals surface area contributed by atoms with Crippen LogP contribution >= 0.6 is 0 Å². The van der Waals surface area contributed by atoms with Crippen LogP contribution < -0.4 is 21.7 Å². The molecule has 0 aliphatic rings. The number of hydrogen-bond acceptors (Lipinski definition) is 9. The zero-order valence-electron chi connectivity index (χ0n) is 27.8. The van der Waals surface area contributed by atoms with Gasteiger partial charge < -0.3 is 26.4 Å². The summed E-state index contributed by atoms with van der Waals surface area (Å²) in [7, 11) is 0. The average Bonchev–Trinajstić information content (AvgIpc) is 3.07. The van der Waals surface area contributed by atoms with Crippen molar-refractivity contribution in [2.75, 3.05) is 18.4 Å². The number of carbonyl (C=O) groups is 5. The van der Waals surface area contributed by atoms with Gasteiger partial charge in [-0.15, -0.1) is 0 Å². The Kier molecular flexibility index (Phi) is 17.3. The van der Waals surface area contributed by atoms with E-state index in [4.69, 9.17) is 16.0 Å². The molecule has 0 spiro atoms. The van der Waals surface area contributed by atoms with Crippen LogP contribution in [0.25, 0.3) is 10.4 Å². The first-order chi connectivity index (χ1) is 23.4. The molecular formula is C33H44N8O8. The minimum Gasteiger partial charge on any atom is -0.457 e. The van der Waals surface area contributed by atoms with E-state index in [1.165, 1.54) is 24.3 Å². The normalized spacial score (nSPS) is 11.8. The largest absolute Gasteiger partial charge is 0.457 e. The Hall–Kier alpha value is -5.50. The number of esters is 1. The maximum Gasteiger partial charge on any atom is 0.338 e. The van der Waals surface area contributed by atoms with Crippen LogP contribution in [0, 0.1) is 22.0 Å². The van der Waals surface area contributed by atoms with E-state index in [-0.39, 0.29) is 54.2 Å². The predicted molar refractivity (Wildman–Crippen MR) is 181 cm³/mol. The van der Waals surface area contributed by atoms with E-state index < -0.39 is 28.9 Å². The van der Waals surface area contributed by atoms with Crippen molar-refractivity contribution in [2.45, 2.75) is 77.9 Å². The van der Waals surface area contributed by atoms with Crippen molar-refractivity contribution in [1.29, 1.82) is 0 Å². The highest BCUT2D eigenvalue weighted by molar-refractivity contribution is 5.97. The number of hydrogen-bond donors (Lipinski definition) is 4. The van der Waals surface area contributed by atoms with Gasteiger partial charge in [-0.05, 0) is 67.0 Å². The van der Waals surface area contributed by atoms with Crippen LogP contribution in [0.15, 0.2) is 53.6 Å². The number of amides is 4. The number of nitrogens with two attached hydrogens (primary N) is 1. The van der Waals surface area contributed by atoms with Gasteiger partial charge in [-0.25, -0.2) is 9.59 Å². The zero-order valence-corrected chi connectivity index (χ0v) is 27.8. The topological polar surface area (TPSA) is 249 Å². The molecular weight excluding hydrogens is 636 g/mol. The lowest BCUT2D eigenvalue weighted by molar-refractivity contribution is -0.384. The molecule has 0 aromatic heterocycles. The monoisotopic (exact) mass is 680 g/mol. The second kappa shape index (κ2) is 21.4. The highest BCUT2D eigenvalue weighted by Crippen LogP contribution is 2.21.